The van der Waals surface area contributed by atoms with Crippen molar-refractivity contribution in [2.45, 2.75) is 38.2 Å². The van der Waals surface area contributed by atoms with E-state index in [1.165, 1.54) is 15.8 Å². The van der Waals surface area contributed by atoms with E-state index in [0.717, 1.165) is 16.6 Å². The first-order chi connectivity index (χ1) is 24.1. The van der Waals surface area contributed by atoms with Crippen LogP contribution in [0.1, 0.15) is 46.6 Å². The molecule has 2 aliphatic heterocycles. The van der Waals surface area contributed by atoms with Gasteiger partial charge in [-0.1, -0.05) is 24.6 Å². The lowest BCUT2D eigenvalue weighted by Gasteiger charge is -2.38. The Kier molecular flexibility index (Phi) is 9.63. The van der Waals surface area contributed by atoms with Gasteiger partial charge in [0.05, 0.1) is 35.2 Å². The summed E-state index contributed by atoms with van der Waals surface area (Å²) in [5.41, 5.74) is -0.727. The average molecular weight is 722 g/mol. The Balaban J connectivity index is 1.41. The number of hydrogen-bond donors (Lipinski definition) is 2. The maximum Gasteiger partial charge on any atom is 0.416 e. The summed E-state index contributed by atoms with van der Waals surface area (Å²) >= 11 is 6.11. The highest BCUT2D eigenvalue weighted by atomic mass is 35.5. The number of hydrogen-bond acceptors (Lipinski definition) is 10. The van der Waals surface area contributed by atoms with Crippen molar-refractivity contribution in [1.82, 2.24) is 34.0 Å². The Morgan fingerprint density at radius 1 is 1.14 bits per heavy atom. The van der Waals surface area contributed by atoms with E-state index >= 15 is 0 Å². The first kappa shape index (κ1) is 35.9. The molecule has 14 nitrogen and oxygen atoms in total. The maximum absolute atomic E-state index is 14.3. The van der Waals surface area contributed by atoms with Gasteiger partial charge in [-0.15, -0.1) is 5.10 Å². The van der Waals surface area contributed by atoms with Crippen LogP contribution < -0.4 is 15.8 Å². The Morgan fingerprint density at radius 2 is 1.86 bits per heavy atom. The summed E-state index contributed by atoms with van der Waals surface area (Å²) in [4.78, 5) is 57.0. The van der Waals surface area contributed by atoms with Gasteiger partial charge in [-0.3, -0.25) is 14.4 Å². The van der Waals surface area contributed by atoms with E-state index in [2.05, 4.69) is 25.4 Å². The molecule has 0 atom stereocenters. The number of amides is 2. The van der Waals surface area contributed by atoms with Crippen LogP contribution in [0.2, 0.25) is 5.02 Å². The van der Waals surface area contributed by atoms with Gasteiger partial charge < -0.3 is 29.5 Å². The smallest absolute Gasteiger partial charge is 0.416 e. The molecule has 20 heteroatoms. The summed E-state index contributed by atoms with van der Waals surface area (Å²) in [6, 6.07) is 2.37. The summed E-state index contributed by atoms with van der Waals surface area (Å²) in [5.74, 6) is -1.91. The van der Waals surface area contributed by atoms with E-state index < -0.39 is 39.5 Å². The zero-order chi connectivity index (χ0) is 36.8. The minimum absolute atomic E-state index is 0.0934. The molecular formula is C31H29B2ClF3N9O5. The van der Waals surface area contributed by atoms with Crippen molar-refractivity contribution >= 4 is 61.8 Å². The minimum Gasteiger partial charge on any atom is -0.504 e. The number of aromatic hydroxyl groups is 1. The van der Waals surface area contributed by atoms with E-state index in [1.807, 2.05) is 0 Å². The van der Waals surface area contributed by atoms with Crippen LogP contribution in [0.15, 0.2) is 35.4 Å². The number of fused-ring (bicyclic) bond motifs is 1. The van der Waals surface area contributed by atoms with Crippen molar-refractivity contribution in [3.05, 3.63) is 74.4 Å². The van der Waals surface area contributed by atoms with Crippen LogP contribution >= 0.6 is 11.6 Å². The van der Waals surface area contributed by atoms with E-state index in [9.17, 15) is 32.7 Å². The number of anilines is 2. The molecule has 2 N–H and O–H groups in total. The number of nitrogens with one attached hydrogen (secondary N) is 1. The van der Waals surface area contributed by atoms with Crippen molar-refractivity contribution < 1.29 is 32.6 Å². The number of ether oxygens (including phenoxy) is 1. The lowest BCUT2D eigenvalue weighted by atomic mass is 9.60. The molecule has 5 heterocycles. The third-order valence-corrected chi connectivity index (χ3v) is 9.00. The Morgan fingerprint density at radius 3 is 2.49 bits per heavy atom. The second kappa shape index (κ2) is 13.7. The maximum atomic E-state index is 14.3. The number of piperazine rings is 1. The molecular weight excluding hydrogens is 692 g/mol. The molecule has 0 unspecified atom stereocenters. The fourth-order valence-electron chi connectivity index (χ4n) is 5.96. The molecule has 1 aromatic carbocycles. The number of alkyl halides is 3. The van der Waals surface area contributed by atoms with Crippen molar-refractivity contribution in [1.29, 1.82) is 0 Å². The normalized spacial score (nSPS) is 15.6. The minimum atomic E-state index is -4.67. The molecule has 51 heavy (non-hydrogen) atoms. The Hall–Kier alpha value is -4.90. The number of halogens is 4. The fraction of sp³-hybridized carbons (Fsp3) is 0.387. The third-order valence-electron chi connectivity index (χ3n) is 8.68. The van der Waals surface area contributed by atoms with Gasteiger partial charge in [0.25, 0.3) is 11.5 Å². The molecule has 6 rings (SSSR count). The van der Waals surface area contributed by atoms with E-state index in [4.69, 9.17) is 32.0 Å². The van der Waals surface area contributed by atoms with Gasteiger partial charge in [-0.2, -0.15) is 22.7 Å². The topological polar surface area (TPSA) is 160 Å². The molecule has 4 radical (unpaired) electrons. The monoisotopic (exact) mass is 721 g/mol. The molecule has 4 aromatic rings. The van der Waals surface area contributed by atoms with Crippen LogP contribution in [-0.4, -0.2) is 106 Å². The number of aryl methyl sites for hydroxylation is 1. The van der Waals surface area contributed by atoms with Gasteiger partial charge in [0.2, 0.25) is 11.7 Å². The average Bonchev–Trinajstić information content (AvgIpc) is 3.55. The molecule has 2 amide bonds. The number of benzene rings is 1. The van der Waals surface area contributed by atoms with Gasteiger partial charge >= 0.3 is 6.18 Å². The second-order valence-electron chi connectivity index (χ2n) is 11.9. The van der Waals surface area contributed by atoms with Gasteiger partial charge in [0.1, 0.15) is 27.7 Å². The highest BCUT2D eigenvalue weighted by Gasteiger charge is 2.38. The van der Waals surface area contributed by atoms with Crippen LogP contribution in [0.5, 0.6) is 5.75 Å². The van der Waals surface area contributed by atoms with Gasteiger partial charge in [-0.25, -0.2) is 9.97 Å². The first-order valence-electron chi connectivity index (χ1n) is 15.8. The molecule has 0 bridgehead atoms. The number of carbonyl (C=O) groups excluding carboxylic acids is 2. The quantitative estimate of drug-likeness (QED) is 0.271. The SMILES string of the molecule is [B]C([B])(C(=O)Nc1ccc(C(F)(F)F)cc1Cl)n1c(CC)c(N2CCN(C(=O)c3ncnc(C)c3O)CC2)c(=O)n2nc(C3=CCOCC3)nc12. The van der Waals surface area contributed by atoms with Gasteiger partial charge in [0, 0.05) is 37.2 Å². The number of rotatable bonds is 7. The molecule has 0 spiro atoms. The van der Waals surface area contributed by atoms with Gasteiger partial charge in [0.15, 0.2) is 17.3 Å². The molecule has 262 valence electrons. The first-order valence-corrected chi connectivity index (χ1v) is 16.1. The van der Waals surface area contributed by atoms with Gasteiger partial charge in [-0.05, 0) is 43.5 Å². The van der Waals surface area contributed by atoms with Crippen molar-refractivity contribution in [3.63, 3.8) is 0 Å². The van der Waals surface area contributed by atoms with Crippen molar-refractivity contribution in [3.8, 4) is 5.75 Å². The molecule has 1 saturated heterocycles. The lowest BCUT2D eigenvalue weighted by molar-refractivity contribution is -0.137. The van der Waals surface area contributed by atoms with E-state index in [0.29, 0.717) is 31.3 Å². The molecule has 2 aliphatic rings. The standard InChI is InChI=1S/C31H29B2ClF3N9O5/c1-3-21-23(43-8-10-44(11-9-43)26(48)22-24(47)16(2)38-15-39-22)27(49)46-29(41-25(42-46)17-6-12-51-13-7-17)45(21)30(32,33)28(50)40-20-5-4-18(14-19(20)34)31(35,36)37/h4-6,14-15,47H,3,7-13H2,1-2H3,(H,40,50). The van der Waals surface area contributed by atoms with Crippen LogP contribution in [0.25, 0.3) is 11.4 Å². The summed E-state index contributed by atoms with van der Waals surface area (Å²) in [6.45, 7) is 4.48. The predicted octanol–water partition coefficient (Wildman–Crippen LogP) is 2.28. The number of carbonyl (C=O) groups is 2. The highest BCUT2D eigenvalue weighted by Crippen LogP contribution is 2.35. The molecule has 0 saturated carbocycles. The highest BCUT2D eigenvalue weighted by molar-refractivity contribution is 6.50. The summed E-state index contributed by atoms with van der Waals surface area (Å²) in [6.07, 6.45) is -1.18. The Bertz CT molecular complexity index is 2130. The van der Waals surface area contributed by atoms with Crippen LogP contribution in [0.4, 0.5) is 24.5 Å². The molecule has 1 fully saturated rings. The summed E-state index contributed by atoms with van der Waals surface area (Å²) in [5, 5.41) is 14.3. The number of aromatic nitrogens is 6. The zero-order valence-corrected chi connectivity index (χ0v) is 28.1. The van der Waals surface area contributed by atoms with Crippen LogP contribution in [0, 0.1) is 6.92 Å². The van der Waals surface area contributed by atoms with Crippen LogP contribution in [0.3, 0.4) is 0 Å². The fourth-order valence-corrected chi connectivity index (χ4v) is 6.18. The van der Waals surface area contributed by atoms with Crippen LogP contribution in [-0.2, 0) is 27.5 Å². The van der Waals surface area contributed by atoms with E-state index in [-0.39, 0.29) is 78.4 Å². The molecule has 0 aliphatic carbocycles. The predicted molar refractivity (Wildman–Crippen MR) is 181 cm³/mol. The summed E-state index contributed by atoms with van der Waals surface area (Å²) < 4.78 is 47.3. The third kappa shape index (κ3) is 6.67. The Labute approximate surface area is 296 Å². The van der Waals surface area contributed by atoms with Crippen molar-refractivity contribution in [2.75, 3.05) is 49.6 Å². The van der Waals surface area contributed by atoms with Crippen molar-refractivity contribution in [2.24, 2.45) is 0 Å². The largest absolute Gasteiger partial charge is 0.504 e. The summed E-state index contributed by atoms with van der Waals surface area (Å²) in [7, 11) is 13.2. The lowest BCUT2D eigenvalue weighted by Crippen LogP contribution is -2.53. The number of nitrogens with zero attached hydrogens (tertiary/aromatic N) is 8. The van der Waals surface area contributed by atoms with E-state index in [1.54, 1.807) is 24.8 Å². The zero-order valence-electron chi connectivity index (χ0n) is 27.4. The molecule has 3 aromatic heterocycles. The second-order valence-corrected chi connectivity index (χ2v) is 12.3.